The molecule has 2 aliphatic rings. The summed E-state index contributed by atoms with van der Waals surface area (Å²) in [6.45, 7) is 3.18. The van der Waals surface area contributed by atoms with Crippen LogP contribution in [-0.2, 0) is 4.74 Å². The second-order valence-corrected chi connectivity index (χ2v) is 6.93. The van der Waals surface area contributed by atoms with E-state index in [0.29, 0.717) is 12.1 Å². The lowest BCUT2D eigenvalue weighted by Crippen LogP contribution is -2.51. The van der Waals surface area contributed by atoms with Gasteiger partial charge >= 0.3 is 0 Å². The van der Waals surface area contributed by atoms with Crippen LogP contribution < -0.4 is 5.32 Å². The number of hydrogen-bond donors (Lipinski definition) is 1. The Morgan fingerprint density at radius 1 is 1.32 bits per heavy atom. The normalized spacial score (nSPS) is 26.9. The summed E-state index contributed by atoms with van der Waals surface area (Å²) in [5.74, 6) is 0. The molecular weight excluding hydrogens is 302 g/mol. The summed E-state index contributed by atoms with van der Waals surface area (Å²) < 4.78 is 7.13. The number of nitrogens with one attached hydrogen (secondary N) is 1. The van der Waals surface area contributed by atoms with Crippen LogP contribution in [0.4, 0.5) is 0 Å². The lowest BCUT2D eigenvalue weighted by molar-refractivity contribution is -0.136. The van der Waals surface area contributed by atoms with Gasteiger partial charge < -0.3 is 10.1 Å². The Morgan fingerprint density at radius 3 is 2.68 bits per heavy atom. The standard InChI is InChI=1S/C16H22BrNO/c1-12(13-3-5-14(17)6-4-13)18-15-7-10-19-16(11-15)8-2-9-16/h3-6,12,15,18H,2,7-11H2,1H3. The van der Waals surface area contributed by atoms with E-state index in [2.05, 4.69) is 52.4 Å². The van der Waals surface area contributed by atoms with Crippen molar-refractivity contribution in [3.63, 3.8) is 0 Å². The number of halogens is 1. The minimum Gasteiger partial charge on any atom is -0.375 e. The molecular formula is C16H22BrNO. The van der Waals surface area contributed by atoms with Crippen LogP contribution in [-0.4, -0.2) is 18.2 Å². The molecule has 3 rings (SSSR count). The van der Waals surface area contributed by atoms with Crippen molar-refractivity contribution >= 4 is 15.9 Å². The zero-order valence-electron chi connectivity index (χ0n) is 11.5. The van der Waals surface area contributed by atoms with Gasteiger partial charge in [0.15, 0.2) is 0 Å². The van der Waals surface area contributed by atoms with Gasteiger partial charge in [-0.2, -0.15) is 0 Å². The van der Waals surface area contributed by atoms with Crippen molar-refractivity contribution in [2.45, 2.75) is 56.7 Å². The topological polar surface area (TPSA) is 21.3 Å². The first-order chi connectivity index (χ1) is 9.17. The van der Waals surface area contributed by atoms with E-state index >= 15 is 0 Å². The van der Waals surface area contributed by atoms with E-state index < -0.39 is 0 Å². The van der Waals surface area contributed by atoms with Gasteiger partial charge in [0.1, 0.15) is 0 Å². The smallest absolute Gasteiger partial charge is 0.0697 e. The first kappa shape index (κ1) is 13.6. The minimum absolute atomic E-state index is 0.232. The maximum absolute atomic E-state index is 5.99. The zero-order chi connectivity index (χ0) is 13.3. The average Bonchev–Trinajstić information content (AvgIpc) is 2.38. The maximum atomic E-state index is 5.99. The van der Waals surface area contributed by atoms with Crippen LogP contribution in [0.2, 0.25) is 0 Å². The Labute approximate surface area is 124 Å². The molecule has 1 aliphatic carbocycles. The predicted molar refractivity (Wildman–Crippen MR) is 81.2 cm³/mol. The molecule has 1 aromatic rings. The van der Waals surface area contributed by atoms with E-state index in [-0.39, 0.29) is 5.60 Å². The molecule has 1 heterocycles. The Kier molecular flexibility index (Phi) is 3.97. The van der Waals surface area contributed by atoms with Gasteiger partial charge in [-0.15, -0.1) is 0 Å². The zero-order valence-corrected chi connectivity index (χ0v) is 13.1. The lowest BCUT2D eigenvalue weighted by Gasteiger charge is -2.47. The van der Waals surface area contributed by atoms with Crippen LogP contribution in [0.25, 0.3) is 0 Å². The van der Waals surface area contributed by atoms with Crippen LogP contribution in [0.3, 0.4) is 0 Å². The lowest BCUT2D eigenvalue weighted by atomic mass is 9.74. The molecule has 2 fully saturated rings. The first-order valence-corrected chi connectivity index (χ1v) is 8.12. The van der Waals surface area contributed by atoms with Crippen molar-refractivity contribution in [2.75, 3.05) is 6.61 Å². The molecule has 1 N–H and O–H groups in total. The van der Waals surface area contributed by atoms with Gasteiger partial charge in [0.2, 0.25) is 0 Å². The summed E-state index contributed by atoms with van der Waals surface area (Å²) in [5, 5.41) is 3.78. The van der Waals surface area contributed by atoms with Crippen LogP contribution >= 0.6 is 15.9 Å². The molecule has 2 atom stereocenters. The maximum Gasteiger partial charge on any atom is 0.0697 e. The van der Waals surface area contributed by atoms with Crippen molar-refractivity contribution < 1.29 is 4.74 Å². The summed E-state index contributed by atoms with van der Waals surface area (Å²) >= 11 is 3.49. The van der Waals surface area contributed by atoms with Crippen molar-refractivity contribution in [3.05, 3.63) is 34.3 Å². The predicted octanol–water partition coefficient (Wildman–Crippen LogP) is 4.20. The molecule has 1 saturated heterocycles. The monoisotopic (exact) mass is 323 g/mol. The van der Waals surface area contributed by atoms with Crippen LogP contribution in [0.1, 0.15) is 50.6 Å². The third-order valence-electron chi connectivity index (χ3n) is 4.61. The highest BCUT2D eigenvalue weighted by Crippen LogP contribution is 2.42. The molecule has 1 spiro atoms. The van der Waals surface area contributed by atoms with Crippen molar-refractivity contribution in [3.8, 4) is 0 Å². The van der Waals surface area contributed by atoms with E-state index in [0.717, 1.165) is 17.5 Å². The fourth-order valence-corrected chi connectivity index (χ4v) is 3.56. The van der Waals surface area contributed by atoms with E-state index in [9.17, 15) is 0 Å². The molecule has 2 unspecified atom stereocenters. The third kappa shape index (κ3) is 3.04. The van der Waals surface area contributed by atoms with Crippen molar-refractivity contribution in [2.24, 2.45) is 0 Å². The van der Waals surface area contributed by atoms with Gasteiger partial charge in [-0.25, -0.2) is 0 Å². The second kappa shape index (κ2) is 5.55. The molecule has 0 radical (unpaired) electrons. The van der Waals surface area contributed by atoms with Gasteiger partial charge in [0, 0.05) is 23.2 Å². The molecule has 3 heteroatoms. The fourth-order valence-electron chi connectivity index (χ4n) is 3.29. The Bertz CT molecular complexity index is 427. The van der Waals surface area contributed by atoms with Crippen LogP contribution in [0, 0.1) is 0 Å². The molecule has 0 amide bonds. The second-order valence-electron chi connectivity index (χ2n) is 6.01. The average molecular weight is 324 g/mol. The highest BCUT2D eigenvalue weighted by atomic mass is 79.9. The molecule has 0 aromatic heterocycles. The number of ether oxygens (including phenoxy) is 1. The van der Waals surface area contributed by atoms with E-state index in [1.807, 2.05) is 0 Å². The van der Waals surface area contributed by atoms with E-state index in [1.54, 1.807) is 0 Å². The molecule has 0 bridgehead atoms. The van der Waals surface area contributed by atoms with Crippen LogP contribution in [0.15, 0.2) is 28.7 Å². The molecule has 1 aromatic carbocycles. The van der Waals surface area contributed by atoms with Crippen LogP contribution in [0.5, 0.6) is 0 Å². The fraction of sp³-hybridized carbons (Fsp3) is 0.625. The SMILES string of the molecule is CC(NC1CCOC2(CCC2)C1)c1ccc(Br)cc1. The summed E-state index contributed by atoms with van der Waals surface area (Å²) in [6, 6.07) is 9.64. The minimum atomic E-state index is 0.232. The molecule has 19 heavy (non-hydrogen) atoms. The van der Waals surface area contributed by atoms with Gasteiger partial charge in [-0.1, -0.05) is 28.1 Å². The number of hydrogen-bond acceptors (Lipinski definition) is 2. The summed E-state index contributed by atoms with van der Waals surface area (Å²) in [6.07, 6.45) is 6.20. The molecule has 104 valence electrons. The van der Waals surface area contributed by atoms with E-state index in [4.69, 9.17) is 4.74 Å². The quantitative estimate of drug-likeness (QED) is 0.900. The summed E-state index contributed by atoms with van der Waals surface area (Å²) in [4.78, 5) is 0. The van der Waals surface area contributed by atoms with Crippen molar-refractivity contribution in [1.29, 1.82) is 0 Å². The number of rotatable bonds is 3. The highest BCUT2D eigenvalue weighted by molar-refractivity contribution is 9.10. The van der Waals surface area contributed by atoms with Gasteiger partial charge in [-0.05, 0) is 56.7 Å². The molecule has 1 aliphatic heterocycles. The first-order valence-electron chi connectivity index (χ1n) is 7.32. The van der Waals surface area contributed by atoms with Gasteiger partial charge in [0.25, 0.3) is 0 Å². The van der Waals surface area contributed by atoms with Crippen molar-refractivity contribution in [1.82, 2.24) is 5.32 Å². The highest BCUT2D eigenvalue weighted by Gasteiger charge is 2.42. The summed E-state index contributed by atoms with van der Waals surface area (Å²) in [7, 11) is 0. The number of benzene rings is 1. The summed E-state index contributed by atoms with van der Waals surface area (Å²) in [5.41, 5.74) is 1.59. The Balaban J connectivity index is 1.59. The largest absolute Gasteiger partial charge is 0.375 e. The van der Waals surface area contributed by atoms with E-state index in [1.165, 1.54) is 31.2 Å². The third-order valence-corrected chi connectivity index (χ3v) is 5.14. The molecule has 1 saturated carbocycles. The Hall–Kier alpha value is -0.380. The van der Waals surface area contributed by atoms with Gasteiger partial charge in [0.05, 0.1) is 5.60 Å². The van der Waals surface area contributed by atoms with Gasteiger partial charge in [-0.3, -0.25) is 0 Å². The molecule has 2 nitrogen and oxygen atoms in total. The Morgan fingerprint density at radius 2 is 2.05 bits per heavy atom.